The predicted molar refractivity (Wildman–Crippen MR) is 98.2 cm³/mol. The van der Waals surface area contributed by atoms with E-state index in [2.05, 4.69) is 16.4 Å². The molecule has 3 N–H and O–H groups in total. The minimum atomic E-state index is 0.518. The van der Waals surface area contributed by atoms with E-state index in [-0.39, 0.29) is 0 Å². The lowest BCUT2D eigenvalue weighted by Gasteiger charge is -2.08. The molecule has 0 aliphatic heterocycles. The zero-order chi connectivity index (χ0) is 17.2. The molecule has 25 heavy (non-hydrogen) atoms. The molecule has 0 aliphatic carbocycles. The molecule has 2 heterocycles. The molecule has 4 aromatic rings. The van der Waals surface area contributed by atoms with Gasteiger partial charge in [0.15, 0.2) is 11.5 Å². The second-order valence-electron chi connectivity index (χ2n) is 5.67. The summed E-state index contributed by atoms with van der Waals surface area (Å²) in [7, 11) is 0. The van der Waals surface area contributed by atoms with Crippen molar-refractivity contribution in [3.8, 4) is 17.3 Å². The van der Waals surface area contributed by atoms with Gasteiger partial charge in [0.2, 0.25) is 0 Å². The average molecular weight is 328 g/mol. The maximum atomic E-state index is 8.95. The number of benzene rings is 2. The Kier molecular flexibility index (Phi) is 3.77. The first-order chi connectivity index (χ1) is 12.3. The molecule has 0 saturated heterocycles. The van der Waals surface area contributed by atoms with E-state index in [0.717, 1.165) is 27.9 Å². The van der Waals surface area contributed by atoms with Gasteiger partial charge in [0.1, 0.15) is 0 Å². The Bertz CT molecular complexity index is 1090. The number of imidazole rings is 1. The van der Waals surface area contributed by atoms with Gasteiger partial charge < -0.3 is 11.1 Å². The molecule has 0 aliphatic rings. The number of nitriles is 1. The first-order valence-corrected chi connectivity index (χ1v) is 8.02. The van der Waals surface area contributed by atoms with Crippen molar-refractivity contribution in [3.05, 3.63) is 60.3 Å². The highest BCUT2D eigenvalue weighted by atomic mass is 15.1. The van der Waals surface area contributed by atoms with Crippen molar-refractivity contribution in [3.63, 3.8) is 0 Å². The molecule has 0 bridgehead atoms. The van der Waals surface area contributed by atoms with Crippen LogP contribution in [0.3, 0.4) is 0 Å². The van der Waals surface area contributed by atoms with E-state index >= 15 is 0 Å². The molecule has 6 nitrogen and oxygen atoms in total. The highest BCUT2D eigenvalue weighted by molar-refractivity contribution is 5.84. The van der Waals surface area contributed by atoms with Gasteiger partial charge in [-0.25, -0.2) is 9.97 Å². The summed E-state index contributed by atoms with van der Waals surface area (Å²) < 4.78 is 2.04. The van der Waals surface area contributed by atoms with Crippen molar-refractivity contribution in [2.75, 3.05) is 18.4 Å². The van der Waals surface area contributed by atoms with Crippen LogP contribution in [0.15, 0.2) is 54.7 Å². The number of aromatic nitrogens is 3. The number of nitrogens with two attached hydrogens (primary N) is 1. The normalized spacial score (nSPS) is 10.9. The minimum absolute atomic E-state index is 0.518. The van der Waals surface area contributed by atoms with E-state index in [1.807, 2.05) is 47.0 Å². The lowest BCUT2D eigenvalue weighted by Crippen LogP contribution is -2.14. The highest BCUT2D eigenvalue weighted by Gasteiger charge is 2.12. The van der Waals surface area contributed by atoms with Crippen LogP contribution in [0, 0.1) is 11.3 Å². The molecule has 0 atom stereocenters. The Hall–Kier alpha value is -3.43. The summed E-state index contributed by atoms with van der Waals surface area (Å²) in [4.78, 5) is 9.44. The summed E-state index contributed by atoms with van der Waals surface area (Å²) in [5, 5.41) is 12.2. The summed E-state index contributed by atoms with van der Waals surface area (Å²) in [6, 6.07) is 17.5. The minimum Gasteiger partial charge on any atom is -0.366 e. The van der Waals surface area contributed by atoms with E-state index in [4.69, 9.17) is 16.0 Å². The number of nitrogens with one attached hydrogen (secondary N) is 1. The molecule has 0 radical (unpaired) electrons. The van der Waals surface area contributed by atoms with Gasteiger partial charge in [-0.2, -0.15) is 5.26 Å². The van der Waals surface area contributed by atoms with Crippen molar-refractivity contribution in [2.24, 2.45) is 5.73 Å². The third-order valence-corrected chi connectivity index (χ3v) is 4.04. The Labute approximate surface area is 144 Å². The zero-order valence-electron chi connectivity index (χ0n) is 13.5. The highest BCUT2D eigenvalue weighted by Crippen LogP contribution is 2.26. The molecule has 0 spiro atoms. The Balaban J connectivity index is 1.92. The Morgan fingerprint density at radius 3 is 2.64 bits per heavy atom. The van der Waals surface area contributed by atoms with Gasteiger partial charge in [0.25, 0.3) is 0 Å². The molecule has 0 fully saturated rings. The number of rotatable bonds is 4. The SMILES string of the molecule is N#Cc1ccc(-c2cn3c(n2)c(NCCN)nc2ccccc23)cc1. The van der Waals surface area contributed by atoms with Gasteiger partial charge in [-0.15, -0.1) is 0 Å². The van der Waals surface area contributed by atoms with Crippen LogP contribution in [0.5, 0.6) is 0 Å². The van der Waals surface area contributed by atoms with Crippen molar-refractivity contribution < 1.29 is 0 Å². The number of anilines is 1. The summed E-state index contributed by atoms with van der Waals surface area (Å²) >= 11 is 0. The molecule has 0 amide bonds. The van der Waals surface area contributed by atoms with Crippen LogP contribution in [-0.4, -0.2) is 27.5 Å². The van der Waals surface area contributed by atoms with Crippen LogP contribution in [0.25, 0.3) is 27.9 Å². The summed E-state index contributed by atoms with van der Waals surface area (Å²) in [6.07, 6.45) is 1.99. The molecular weight excluding hydrogens is 312 g/mol. The fourth-order valence-corrected chi connectivity index (χ4v) is 2.83. The topological polar surface area (TPSA) is 92.0 Å². The first-order valence-electron chi connectivity index (χ1n) is 8.02. The Morgan fingerprint density at radius 2 is 1.88 bits per heavy atom. The van der Waals surface area contributed by atoms with Crippen LogP contribution >= 0.6 is 0 Å². The molecule has 122 valence electrons. The smallest absolute Gasteiger partial charge is 0.181 e. The van der Waals surface area contributed by atoms with Crippen LogP contribution in [0.2, 0.25) is 0 Å². The van der Waals surface area contributed by atoms with E-state index in [9.17, 15) is 0 Å². The second kappa shape index (κ2) is 6.23. The number of hydrogen-bond donors (Lipinski definition) is 2. The van der Waals surface area contributed by atoms with Crippen LogP contribution < -0.4 is 11.1 Å². The maximum absolute atomic E-state index is 8.95. The van der Waals surface area contributed by atoms with Crippen molar-refractivity contribution >= 4 is 22.5 Å². The molecule has 2 aromatic carbocycles. The predicted octanol–water partition coefficient (Wildman–Crippen LogP) is 2.79. The number of hydrogen-bond acceptors (Lipinski definition) is 5. The molecule has 0 saturated carbocycles. The van der Waals surface area contributed by atoms with Gasteiger partial charge in [0.05, 0.1) is 28.4 Å². The number of nitrogens with zero attached hydrogens (tertiary/aromatic N) is 4. The summed E-state index contributed by atoms with van der Waals surface area (Å²) in [5.41, 5.74) is 10.7. The van der Waals surface area contributed by atoms with Gasteiger partial charge in [0, 0.05) is 24.8 Å². The second-order valence-corrected chi connectivity index (χ2v) is 5.67. The number of fused-ring (bicyclic) bond motifs is 3. The molecular formula is C19H16N6. The van der Waals surface area contributed by atoms with Crippen molar-refractivity contribution in [1.29, 1.82) is 5.26 Å². The first kappa shape index (κ1) is 15.1. The van der Waals surface area contributed by atoms with E-state index < -0.39 is 0 Å². The lowest BCUT2D eigenvalue weighted by molar-refractivity contribution is 1.01. The molecule has 6 heteroatoms. The Morgan fingerprint density at radius 1 is 1.08 bits per heavy atom. The molecule has 0 unspecified atom stereocenters. The maximum Gasteiger partial charge on any atom is 0.181 e. The summed E-state index contributed by atoms with van der Waals surface area (Å²) in [6.45, 7) is 1.14. The van der Waals surface area contributed by atoms with E-state index in [0.29, 0.717) is 24.5 Å². The fourth-order valence-electron chi connectivity index (χ4n) is 2.83. The van der Waals surface area contributed by atoms with Crippen molar-refractivity contribution in [2.45, 2.75) is 0 Å². The standard InChI is InChI=1S/C19H16N6/c20-9-10-22-18-19-24-16(14-7-5-13(11-21)6-8-14)12-25(19)17-4-2-1-3-15(17)23-18/h1-8,12H,9-10,20H2,(H,22,23). The molecule has 4 rings (SSSR count). The third kappa shape index (κ3) is 2.67. The monoisotopic (exact) mass is 328 g/mol. The van der Waals surface area contributed by atoms with E-state index in [1.54, 1.807) is 12.1 Å². The van der Waals surface area contributed by atoms with Gasteiger partial charge in [-0.05, 0) is 24.3 Å². The van der Waals surface area contributed by atoms with Crippen LogP contribution in [0.1, 0.15) is 5.56 Å². The zero-order valence-corrected chi connectivity index (χ0v) is 13.5. The van der Waals surface area contributed by atoms with Gasteiger partial charge >= 0.3 is 0 Å². The van der Waals surface area contributed by atoms with Gasteiger partial charge in [-0.1, -0.05) is 24.3 Å². The third-order valence-electron chi connectivity index (χ3n) is 4.04. The quantitative estimate of drug-likeness (QED) is 0.601. The summed E-state index contributed by atoms with van der Waals surface area (Å²) in [5.74, 6) is 0.712. The van der Waals surface area contributed by atoms with Gasteiger partial charge in [-0.3, -0.25) is 4.40 Å². The number of para-hydroxylation sites is 2. The van der Waals surface area contributed by atoms with Crippen LogP contribution in [-0.2, 0) is 0 Å². The lowest BCUT2D eigenvalue weighted by atomic mass is 10.1. The average Bonchev–Trinajstić information content (AvgIpc) is 3.12. The van der Waals surface area contributed by atoms with Crippen molar-refractivity contribution in [1.82, 2.24) is 14.4 Å². The largest absolute Gasteiger partial charge is 0.366 e. The molecule has 2 aromatic heterocycles. The van der Waals surface area contributed by atoms with E-state index in [1.165, 1.54) is 0 Å². The van der Waals surface area contributed by atoms with Crippen LogP contribution in [0.4, 0.5) is 5.82 Å². The fraction of sp³-hybridized carbons (Fsp3) is 0.105.